The number of amides is 4. The fraction of sp³-hybridized carbons (Fsp3) is 0.500. The van der Waals surface area contributed by atoms with Gasteiger partial charge in [0, 0.05) is 18.1 Å². The maximum atomic E-state index is 13.4. The fourth-order valence-corrected chi connectivity index (χ4v) is 4.80. The van der Waals surface area contributed by atoms with Crippen molar-refractivity contribution in [2.24, 2.45) is 0 Å². The van der Waals surface area contributed by atoms with Gasteiger partial charge >= 0.3 is 6.03 Å². The topological polar surface area (TPSA) is 81.8 Å². The van der Waals surface area contributed by atoms with E-state index >= 15 is 0 Å². The van der Waals surface area contributed by atoms with E-state index in [0.29, 0.717) is 21.9 Å². The van der Waals surface area contributed by atoms with Crippen LogP contribution in [-0.4, -0.2) is 53.3 Å². The molecule has 1 aromatic carbocycles. The number of hydrogen-bond acceptors (Lipinski definition) is 3. The Balaban J connectivity index is 1.57. The molecule has 1 fully saturated rings. The van der Waals surface area contributed by atoms with Crippen LogP contribution in [0.2, 0.25) is 5.02 Å². The lowest BCUT2D eigenvalue weighted by Gasteiger charge is -2.31. The molecule has 0 bridgehead atoms. The van der Waals surface area contributed by atoms with E-state index in [4.69, 9.17) is 11.6 Å². The molecule has 1 aromatic rings. The number of halogens is 1. The third kappa shape index (κ3) is 3.67. The summed E-state index contributed by atoms with van der Waals surface area (Å²) in [6.45, 7) is 1.96. The molecule has 30 heavy (non-hydrogen) atoms. The second kappa shape index (κ2) is 8.30. The highest BCUT2D eigenvalue weighted by Crippen LogP contribution is 2.38. The van der Waals surface area contributed by atoms with Gasteiger partial charge in [-0.05, 0) is 31.4 Å². The highest BCUT2D eigenvalue weighted by atomic mass is 35.5. The van der Waals surface area contributed by atoms with E-state index in [9.17, 15) is 14.4 Å². The van der Waals surface area contributed by atoms with Gasteiger partial charge in [0.15, 0.2) is 0 Å². The van der Waals surface area contributed by atoms with E-state index < -0.39 is 12.1 Å². The largest absolute Gasteiger partial charge is 0.352 e. The van der Waals surface area contributed by atoms with Gasteiger partial charge in [-0.15, -0.1) is 0 Å². The summed E-state index contributed by atoms with van der Waals surface area (Å²) in [7, 11) is 1.64. The number of carbonyl (C=O) groups excluding carboxylic acids is 3. The molecule has 1 aliphatic carbocycles. The van der Waals surface area contributed by atoms with Crippen molar-refractivity contribution < 1.29 is 14.4 Å². The van der Waals surface area contributed by atoms with Crippen LogP contribution in [0.25, 0.3) is 0 Å². The fourth-order valence-electron chi connectivity index (χ4n) is 4.55. The minimum Gasteiger partial charge on any atom is -0.352 e. The zero-order valence-corrected chi connectivity index (χ0v) is 18.0. The van der Waals surface area contributed by atoms with Gasteiger partial charge in [-0.25, -0.2) is 4.79 Å². The normalized spacial score (nSPS) is 23.4. The van der Waals surface area contributed by atoms with Crippen molar-refractivity contribution in [2.75, 3.05) is 13.6 Å². The molecule has 160 valence electrons. The van der Waals surface area contributed by atoms with E-state index in [1.807, 2.05) is 6.07 Å². The third-order valence-electron chi connectivity index (χ3n) is 6.40. The summed E-state index contributed by atoms with van der Waals surface area (Å²) in [5.41, 5.74) is 1.76. The SMILES string of the molecule is C[C@@H](C(=O)NC1CCCCC1)N1CC2=C(C1=O)[C@H](c1ccccc1Cl)NC(=O)N2C. The summed E-state index contributed by atoms with van der Waals surface area (Å²) in [5.74, 6) is -0.389. The Morgan fingerprint density at radius 2 is 1.90 bits per heavy atom. The molecule has 3 aliphatic rings. The van der Waals surface area contributed by atoms with E-state index in [1.54, 1.807) is 37.1 Å². The number of likely N-dealkylation sites (N-methyl/N-ethyl adjacent to an activating group) is 1. The zero-order valence-electron chi connectivity index (χ0n) is 17.3. The number of nitrogens with zero attached hydrogens (tertiary/aromatic N) is 2. The van der Waals surface area contributed by atoms with Crippen LogP contribution >= 0.6 is 11.6 Å². The van der Waals surface area contributed by atoms with Crippen LogP contribution in [0.15, 0.2) is 35.5 Å². The molecule has 0 spiro atoms. The van der Waals surface area contributed by atoms with Gasteiger partial charge in [0.1, 0.15) is 6.04 Å². The Hall–Kier alpha value is -2.54. The maximum absolute atomic E-state index is 13.4. The van der Waals surface area contributed by atoms with E-state index in [0.717, 1.165) is 25.7 Å². The summed E-state index contributed by atoms with van der Waals surface area (Å²) in [6, 6.07) is 5.78. The first-order chi connectivity index (χ1) is 14.4. The zero-order chi connectivity index (χ0) is 21.4. The Kier molecular flexibility index (Phi) is 5.73. The minimum atomic E-state index is -0.636. The molecule has 7 nitrogen and oxygen atoms in total. The molecule has 0 saturated heterocycles. The van der Waals surface area contributed by atoms with Crippen LogP contribution in [0, 0.1) is 0 Å². The summed E-state index contributed by atoms with van der Waals surface area (Å²) >= 11 is 6.36. The maximum Gasteiger partial charge on any atom is 0.322 e. The van der Waals surface area contributed by atoms with Crippen molar-refractivity contribution in [3.05, 3.63) is 46.1 Å². The molecule has 2 N–H and O–H groups in total. The van der Waals surface area contributed by atoms with E-state index in [1.165, 1.54) is 11.3 Å². The first kappa shape index (κ1) is 20.7. The lowest BCUT2D eigenvalue weighted by Crippen LogP contribution is -2.50. The van der Waals surface area contributed by atoms with Crippen molar-refractivity contribution in [1.82, 2.24) is 20.4 Å². The summed E-state index contributed by atoms with van der Waals surface area (Å²) in [4.78, 5) is 41.8. The summed E-state index contributed by atoms with van der Waals surface area (Å²) in [6.07, 6.45) is 5.42. The molecule has 4 rings (SSSR count). The van der Waals surface area contributed by atoms with Gasteiger partial charge in [-0.1, -0.05) is 49.1 Å². The number of hydrogen-bond donors (Lipinski definition) is 2. The van der Waals surface area contributed by atoms with Gasteiger partial charge in [0.25, 0.3) is 5.91 Å². The Morgan fingerprint density at radius 3 is 2.60 bits per heavy atom. The first-order valence-electron chi connectivity index (χ1n) is 10.5. The molecule has 2 heterocycles. The van der Waals surface area contributed by atoms with Crippen LogP contribution in [-0.2, 0) is 9.59 Å². The van der Waals surface area contributed by atoms with Crippen LogP contribution in [0.1, 0.15) is 50.6 Å². The number of carbonyl (C=O) groups is 3. The van der Waals surface area contributed by atoms with Gasteiger partial charge < -0.3 is 15.5 Å². The minimum absolute atomic E-state index is 0.147. The second-order valence-corrected chi connectivity index (χ2v) is 8.68. The van der Waals surface area contributed by atoms with Crippen LogP contribution < -0.4 is 10.6 Å². The monoisotopic (exact) mass is 430 g/mol. The second-order valence-electron chi connectivity index (χ2n) is 8.28. The molecule has 0 aromatic heterocycles. The molecule has 2 aliphatic heterocycles. The number of urea groups is 1. The van der Waals surface area contributed by atoms with Crippen molar-refractivity contribution in [3.63, 3.8) is 0 Å². The quantitative estimate of drug-likeness (QED) is 0.770. The predicted molar refractivity (Wildman–Crippen MR) is 114 cm³/mol. The van der Waals surface area contributed by atoms with E-state index in [2.05, 4.69) is 10.6 Å². The van der Waals surface area contributed by atoms with Crippen LogP contribution in [0.5, 0.6) is 0 Å². The number of rotatable bonds is 4. The molecule has 8 heteroatoms. The van der Waals surface area contributed by atoms with Crippen molar-refractivity contribution >= 4 is 29.4 Å². The highest BCUT2D eigenvalue weighted by molar-refractivity contribution is 6.31. The van der Waals surface area contributed by atoms with E-state index in [-0.39, 0.29) is 30.4 Å². The predicted octanol–water partition coefficient (Wildman–Crippen LogP) is 2.97. The van der Waals surface area contributed by atoms with Crippen molar-refractivity contribution in [2.45, 2.75) is 57.2 Å². The molecule has 0 radical (unpaired) electrons. The highest BCUT2D eigenvalue weighted by Gasteiger charge is 2.45. The van der Waals surface area contributed by atoms with Crippen LogP contribution in [0.4, 0.5) is 4.79 Å². The Bertz CT molecular complexity index is 909. The number of benzene rings is 1. The standard InChI is InChI=1S/C22H27ClN4O3/c1-13(20(28)24-14-8-4-3-5-9-14)27-12-17-18(21(27)29)19(25-22(30)26(17)2)15-10-6-7-11-16(15)23/h6-7,10-11,13-14,19H,3-5,8-9,12H2,1-2H3,(H,24,28)(H,25,30)/t13-,19-/m0/s1. The van der Waals surface area contributed by atoms with Crippen LogP contribution in [0.3, 0.4) is 0 Å². The number of nitrogens with one attached hydrogen (secondary N) is 2. The lowest BCUT2D eigenvalue weighted by atomic mass is 9.95. The van der Waals surface area contributed by atoms with Gasteiger partial charge in [-0.2, -0.15) is 0 Å². The average molecular weight is 431 g/mol. The molecule has 1 saturated carbocycles. The summed E-state index contributed by atoms with van der Waals surface area (Å²) in [5, 5.41) is 6.46. The molecule has 0 unspecified atom stereocenters. The van der Waals surface area contributed by atoms with Crippen molar-refractivity contribution in [1.29, 1.82) is 0 Å². The molecule has 4 amide bonds. The Morgan fingerprint density at radius 1 is 1.20 bits per heavy atom. The molecular formula is C22H27ClN4O3. The van der Waals surface area contributed by atoms with Crippen molar-refractivity contribution in [3.8, 4) is 0 Å². The van der Waals surface area contributed by atoms with Gasteiger partial charge in [0.2, 0.25) is 5.91 Å². The summed E-state index contributed by atoms with van der Waals surface area (Å²) < 4.78 is 0. The lowest BCUT2D eigenvalue weighted by molar-refractivity contribution is -0.136. The van der Waals surface area contributed by atoms with Gasteiger partial charge in [-0.3, -0.25) is 14.5 Å². The van der Waals surface area contributed by atoms with Gasteiger partial charge in [0.05, 0.1) is 23.9 Å². The molecule has 2 atom stereocenters. The molecular weight excluding hydrogens is 404 g/mol. The Labute approximate surface area is 181 Å². The third-order valence-corrected chi connectivity index (χ3v) is 6.75. The first-order valence-corrected chi connectivity index (χ1v) is 10.9. The average Bonchev–Trinajstić information content (AvgIpc) is 3.09. The smallest absolute Gasteiger partial charge is 0.322 e.